The number of carbonyl (C=O) groups is 1. The minimum Gasteiger partial charge on any atom is -0.465 e. The number of aryl methyl sites for hydroxylation is 3. The molecule has 43 heavy (non-hydrogen) atoms. The third-order valence-corrected chi connectivity index (χ3v) is 6.97. The van der Waals surface area contributed by atoms with E-state index in [9.17, 15) is 28.0 Å². The maximum atomic E-state index is 13.9. The van der Waals surface area contributed by atoms with Gasteiger partial charge in [-0.2, -0.15) is 18.4 Å². The number of nitrogens with one attached hydrogen (secondary N) is 2. The highest BCUT2D eigenvalue weighted by Crippen LogP contribution is 2.34. The van der Waals surface area contributed by atoms with Gasteiger partial charge in [0, 0.05) is 17.1 Å². The number of nitriles is 1. The van der Waals surface area contributed by atoms with Gasteiger partial charge in [-0.3, -0.25) is 9.59 Å². The maximum Gasteiger partial charge on any atom is 0.417 e. The summed E-state index contributed by atoms with van der Waals surface area (Å²) in [5.41, 5.74) is 2.99. The van der Waals surface area contributed by atoms with Crippen molar-refractivity contribution in [3.63, 3.8) is 0 Å². The van der Waals surface area contributed by atoms with E-state index >= 15 is 0 Å². The zero-order valence-electron chi connectivity index (χ0n) is 24.2. The summed E-state index contributed by atoms with van der Waals surface area (Å²) in [4.78, 5) is 25.0. The molecular formula is C33H31F3N4O3. The van der Waals surface area contributed by atoms with Crippen LogP contribution in [0, 0.1) is 32.1 Å². The van der Waals surface area contributed by atoms with Gasteiger partial charge in [0.05, 0.1) is 24.4 Å². The van der Waals surface area contributed by atoms with Crippen molar-refractivity contribution in [2.75, 3.05) is 23.8 Å². The molecule has 0 aliphatic heterocycles. The average Bonchev–Trinajstić information content (AvgIpc) is 2.95. The molecule has 3 aromatic carbocycles. The number of ether oxygens (including phenoxy) is 1. The SMILES string of the molecule is CCOC(=O)CNc1ccc(Nc2ccc(-c3cc(C(F)(F)F)c(C#N)c(=O)n3Cc3ccc(C)cc3C)cc2)cc1C. The van der Waals surface area contributed by atoms with Crippen LogP contribution in [-0.4, -0.2) is 23.7 Å². The van der Waals surface area contributed by atoms with Gasteiger partial charge in [-0.05, 0) is 86.3 Å². The Hall–Kier alpha value is -5.04. The Morgan fingerprint density at radius 1 is 0.953 bits per heavy atom. The first-order chi connectivity index (χ1) is 20.4. The van der Waals surface area contributed by atoms with Crippen LogP contribution < -0.4 is 16.2 Å². The monoisotopic (exact) mass is 588 g/mol. The lowest BCUT2D eigenvalue weighted by Gasteiger charge is -2.19. The number of pyridine rings is 1. The van der Waals surface area contributed by atoms with Crippen LogP contribution >= 0.6 is 0 Å². The van der Waals surface area contributed by atoms with Gasteiger partial charge < -0.3 is 19.9 Å². The Morgan fingerprint density at radius 2 is 1.65 bits per heavy atom. The van der Waals surface area contributed by atoms with Gasteiger partial charge >= 0.3 is 12.1 Å². The molecule has 1 aromatic heterocycles. The summed E-state index contributed by atoms with van der Waals surface area (Å²) in [6.07, 6.45) is -4.88. The number of anilines is 3. The van der Waals surface area contributed by atoms with Gasteiger partial charge in [-0.25, -0.2) is 0 Å². The summed E-state index contributed by atoms with van der Waals surface area (Å²) >= 11 is 0. The number of hydrogen-bond donors (Lipinski definition) is 2. The first-order valence-electron chi connectivity index (χ1n) is 13.6. The van der Waals surface area contributed by atoms with Crippen molar-refractivity contribution >= 4 is 23.0 Å². The summed E-state index contributed by atoms with van der Waals surface area (Å²) in [7, 11) is 0. The number of esters is 1. The van der Waals surface area contributed by atoms with Crippen molar-refractivity contribution in [1.82, 2.24) is 4.57 Å². The second-order valence-corrected chi connectivity index (χ2v) is 10.1. The molecular weight excluding hydrogens is 557 g/mol. The smallest absolute Gasteiger partial charge is 0.417 e. The zero-order valence-corrected chi connectivity index (χ0v) is 24.2. The lowest BCUT2D eigenvalue weighted by atomic mass is 10.0. The van der Waals surface area contributed by atoms with Crippen LogP contribution in [0.25, 0.3) is 11.3 Å². The Kier molecular flexibility index (Phi) is 9.24. The molecule has 0 fully saturated rings. The predicted molar refractivity (Wildman–Crippen MR) is 160 cm³/mol. The first kappa shape index (κ1) is 30.9. The van der Waals surface area contributed by atoms with E-state index in [1.54, 1.807) is 31.2 Å². The second kappa shape index (κ2) is 12.9. The molecule has 1 heterocycles. The number of hydrogen-bond acceptors (Lipinski definition) is 6. The van der Waals surface area contributed by atoms with Gasteiger partial charge in [-0.15, -0.1) is 0 Å². The number of alkyl halides is 3. The summed E-state index contributed by atoms with van der Waals surface area (Å²) in [6.45, 7) is 7.78. The number of benzene rings is 3. The van der Waals surface area contributed by atoms with Gasteiger partial charge in [0.2, 0.25) is 0 Å². The summed E-state index contributed by atoms with van der Waals surface area (Å²) in [5, 5.41) is 15.8. The van der Waals surface area contributed by atoms with Crippen LogP contribution in [0.3, 0.4) is 0 Å². The van der Waals surface area contributed by atoms with E-state index in [4.69, 9.17) is 4.74 Å². The van der Waals surface area contributed by atoms with Gasteiger partial charge in [0.25, 0.3) is 5.56 Å². The van der Waals surface area contributed by atoms with Crippen LogP contribution in [0.4, 0.5) is 30.2 Å². The minimum absolute atomic E-state index is 0.00290. The fraction of sp³-hybridized carbons (Fsp3) is 0.242. The minimum atomic E-state index is -4.88. The average molecular weight is 589 g/mol. The first-order valence-corrected chi connectivity index (χ1v) is 13.6. The van der Waals surface area contributed by atoms with E-state index < -0.39 is 22.9 Å². The number of rotatable bonds is 9. The molecule has 0 aliphatic carbocycles. The van der Waals surface area contributed by atoms with Crippen LogP contribution in [0.5, 0.6) is 0 Å². The Morgan fingerprint density at radius 3 is 2.26 bits per heavy atom. The number of carbonyl (C=O) groups excluding carboxylic acids is 1. The summed E-state index contributed by atoms with van der Waals surface area (Å²) in [5.74, 6) is -0.353. The fourth-order valence-electron chi connectivity index (χ4n) is 4.78. The molecule has 0 aliphatic rings. The topological polar surface area (TPSA) is 96.2 Å². The molecule has 4 aromatic rings. The van der Waals surface area contributed by atoms with Gasteiger partial charge in [0.1, 0.15) is 18.2 Å². The highest BCUT2D eigenvalue weighted by atomic mass is 19.4. The van der Waals surface area contributed by atoms with Crippen LogP contribution in [0.15, 0.2) is 71.5 Å². The molecule has 0 atom stereocenters. The van der Waals surface area contributed by atoms with Gasteiger partial charge in [-0.1, -0.05) is 35.9 Å². The molecule has 0 spiro atoms. The molecule has 0 unspecified atom stereocenters. The third kappa shape index (κ3) is 7.25. The number of nitrogens with zero attached hydrogens (tertiary/aromatic N) is 2. The lowest BCUT2D eigenvalue weighted by molar-refractivity contribution is -0.141. The normalized spacial score (nSPS) is 11.1. The van der Waals surface area contributed by atoms with E-state index in [0.717, 1.165) is 39.7 Å². The standard InChI is InChI=1S/C33H31F3N4O3/c1-5-43-31(41)18-38-29-13-12-26(15-22(29)4)39-25-10-8-23(9-11-25)30-16-28(33(34,35)36)27(17-37)32(42)40(30)19-24-7-6-20(2)14-21(24)3/h6-16,38-39H,5,18-19H2,1-4H3. The Bertz CT molecular complexity index is 1750. The molecule has 0 saturated carbocycles. The molecule has 0 amide bonds. The lowest BCUT2D eigenvalue weighted by Crippen LogP contribution is -2.29. The molecule has 0 bridgehead atoms. The van der Waals surface area contributed by atoms with Crippen LogP contribution in [-0.2, 0) is 22.3 Å². The van der Waals surface area contributed by atoms with Crippen molar-refractivity contribution in [3.8, 4) is 17.3 Å². The van der Waals surface area contributed by atoms with E-state index in [0.29, 0.717) is 17.9 Å². The van der Waals surface area contributed by atoms with E-state index in [-0.39, 0.29) is 24.8 Å². The molecule has 10 heteroatoms. The van der Waals surface area contributed by atoms with Crippen molar-refractivity contribution in [1.29, 1.82) is 5.26 Å². The van der Waals surface area contributed by atoms with E-state index in [1.807, 2.05) is 57.2 Å². The van der Waals surface area contributed by atoms with E-state index in [2.05, 4.69) is 10.6 Å². The summed E-state index contributed by atoms with van der Waals surface area (Å²) < 4.78 is 47.9. The van der Waals surface area contributed by atoms with Crippen LogP contribution in [0.1, 0.15) is 40.3 Å². The molecule has 0 radical (unpaired) electrons. The highest BCUT2D eigenvalue weighted by Gasteiger charge is 2.36. The largest absolute Gasteiger partial charge is 0.465 e. The highest BCUT2D eigenvalue weighted by molar-refractivity contribution is 5.76. The van der Waals surface area contributed by atoms with Crippen molar-refractivity contribution in [2.24, 2.45) is 0 Å². The van der Waals surface area contributed by atoms with Crippen molar-refractivity contribution in [2.45, 2.75) is 40.4 Å². The van der Waals surface area contributed by atoms with Gasteiger partial charge in [0.15, 0.2) is 0 Å². The van der Waals surface area contributed by atoms with Crippen LogP contribution in [0.2, 0.25) is 0 Å². The summed E-state index contributed by atoms with van der Waals surface area (Å²) in [6, 6.07) is 20.2. The van der Waals surface area contributed by atoms with Crippen molar-refractivity contribution < 1.29 is 22.7 Å². The number of halogens is 3. The molecule has 2 N–H and O–H groups in total. The quantitative estimate of drug-likeness (QED) is 0.203. The molecule has 222 valence electrons. The third-order valence-electron chi connectivity index (χ3n) is 6.97. The molecule has 7 nitrogen and oxygen atoms in total. The number of aromatic nitrogens is 1. The second-order valence-electron chi connectivity index (χ2n) is 10.1. The Balaban J connectivity index is 1.67. The van der Waals surface area contributed by atoms with Crippen molar-refractivity contribution in [3.05, 3.63) is 110 Å². The predicted octanol–water partition coefficient (Wildman–Crippen LogP) is 7.10. The zero-order chi connectivity index (χ0) is 31.3. The molecule has 4 rings (SSSR count). The fourth-order valence-corrected chi connectivity index (χ4v) is 4.78. The maximum absolute atomic E-state index is 13.9. The van der Waals surface area contributed by atoms with E-state index in [1.165, 1.54) is 10.6 Å². The molecule has 0 saturated heterocycles. The Labute approximate surface area is 247 Å².